The van der Waals surface area contributed by atoms with Gasteiger partial charge < -0.3 is 19.9 Å². The van der Waals surface area contributed by atoms with Crippen LogP contribution in [0.1, 0.15) is 33.1 Å². The highest BCUT2D eigenvalue weighted by Gasteiger charge is 2.51. The first-order valence-electron chi connectivity index (χ1n) is 10.5. The van der Waals surface area contributed by atoms with Crippen LogP contribution in [0.15, 0.2) is 49.1 Å². The number of imidazole rings is 1. The summed E-state index contributed by atoms with van der Waals surface area (Å²) in [6, 6.07) is 9.89. The van der Waals surface area contributed by atoms with Gasteiger partial charge in [0.15, 0.2) is 5.82 Å². The molecule has 1 aliphatic carbocycles. The molecule has 1 saturated carbocycles. The minimum atomic E-state index is 0.174. The summed E-state index contributed by atoms with van der Waals surface area (Å²) in [6.07, 6.45) is 8.82. The molecule has 2 saturated heterocycles. The molecule has 0 amide bonds. The van der Waals surface area contributed by atoms with Crippen LogP contribution in [0, 0.1) is 5.41 Å². The molecule has 156 valence electrons. The topological polar surface area (TPSA) is 79.1 Å². The van der Waals surface area contributed by atoms with E-state index in [0.717, 1.165) is 24.5 Å². The molecule has 6 rings (SSSR count). The van der Waals surface area contributed by atoms with Gasteiger partial charge in [0.2, 0.25) is 0 Å². The van der Waals surface area contributed by atoms with Gasteiger partial charge in [0, 0.05) is 54.6 Å². The molecule has 7 nitrogen and oxygen atoms in total. The number of piperidine rings is 2. The van der Waals surface area contributed by atoms with E-state index in [-0.39, 0.29) is 16.7 Å². The first kappa shape index (κ1) is 19.1. The zero-order chi connectivity index (χ0) is 20.9. The van der Waals surface area contributed by atoms with Crippen LogP contribution >= 0.6 is 0 Å². The third-order valence-electron chi connectivity index (χ3n) is 7.15. The molecule has 3 atom stereocenters. The minimum absolute atomic E-state index is 0.174. The predicted molar refractivity (Wildman–Crippen MR) is 117 cm³/mol. The number of hydrogen-bond acceptors (Lipinski definition) is 6. The van der Waals surface area contributed by atoms with Gasteiger partial charge in [-0.1, -0.05) is 6.92 Å². The van der Waals surface area contributed by atoms with Crippen molar-refractivity contribution in [2.45, 2.75) is 44.7 Å². The van der Waals surface area contributed by atoms with E-state index in [1.807, 2.05) is 35.0 Å². The number of phenols is 1. The highest BCUT2D eigenvalue weighted by atomic mass is 16.3. The molecular formula is C23H28N6O. The third kappa shape index (κ3) is 3.13. The Kier molecular flexibility index (Phi) is 4.32. The highest BCUT2D eigenvalue weighted by Crippen LogP contribution is 2.47. The van der Waals surface area contributed by atoms with E-state index in [0.29, 0.717) is 17.3 Å². The Morgan fingerprint density at radius 1 is 1.17 bits per heavy atom. The van der Waals surface area contributed by atoms with Gasteiger partial charge in [-0.25, -0.2) is 4.98 Å². The summed E-state index contributed by atoms with van der Waals surface area (Å²) >= 11 is 0. The maximum atomic E-state index is 10.5. The fourth-order valence-corrected chi connectivity index (χ4v) is 5.02. The lowest BCUT2D eigenvalue weighted by atomic mass is 9.61. The summed E-state index contributed by atoms with van der Waals surface area (Å²) in [5, 5.41) is 23.2. The molecular weight excluding hydrogens is 376 g/mol. The molecule has 0 radical (unpaired) electrons. The van der Waals surface area contributed by atoms with Crippen molar-refractivity contribution < 1.29 is 5.11 Å². The zero-order valence-electron chi connectivity index (χ0n) is 17.7. The fraction of sp³-hybridized carbons (Fsp3) is 0.435. The molecule has 30 heavy (non-hydrogen) atoms. The lowest BCUT2D eigenvalue weighted by molar-refractivity contribution is 0.0338. The van der Waals surface area contributed by atoms with Crippen LogP contribution in [-0.4, -0.2) is 50.0 Å². The number of benzene rings is 1. The van der Waals surface area contributed by atoms with Crippen molar-refractivity contribution in [3.8, 4) is 22.7 Å². The molecule has 3 fully saturated rings. The number of rotatable bonds is 4. The largest absolute Gasteiger partial charge is 0.507 e. The van der Waals surface area contributed by atoms with E-state index in [1.54, 1.807) is 18.6 Å². The smallest absolute Gasteiger partial charge is 0.151 e. The summed E-state index contributed by atoms with van der Waals surface area (Å²) in [7, 11) is 2.13. The Bertz CT molecular complexity index is 1040. The van der Waals surface area contributed by atoms with Gasteiger partial charge in [0.25, 0.3) is 0 Å². The van der Waals surface area contributed by atoms with E-state index in [9.17, 15) is 5.11 Å². The minimum Gasteiger partial charge on any atom is -0.507 e. The van der Waals surface area contributed by atoms with Crippen molar-refractivity contribution in [3.05, 3.63) is 49.1 Å². The molecule has 2 aliphatic heterocycles. The van der Waals surface area contributed by atoms with Crippen LogP contribution in [-0.2, 0) is 0 Å². The average molecular weight is 405 g/mol. The van der Waals surface area contributed by atoms with Gasteiger partial charge in [-0.2, -0.15) is 0 Å². The molecule has 0 spiro atoms. The van der Waals surface area contributed by atoms with Crippen molar-refractivity contribution in [2.75, 3.05) is 18.5 Å². The van der Waals surface area contributed by atoms with Crippen molar-refractivity contribution >= 4 is 5.82 Å². The van der Waals surface area contributed by atoms with E-state index in [1.165, 1.54) is 12.8 Å². The Morgan fingerprint density at radius 2 is 2.03 bits per heavy atom. The predicted octanol–water partition coefficient (Wildman–Crippen LogP) is 3.39. The van der Waals surface area contributed by atoms with Crippen LogP contribution in [0.2, 0.25) is 0 Å². The maximum Gasteiger partial charge on any atom is 0.151 e. The molecule has 7 heteroatoms. The second-order valence-electron chi connectivity index (χ2n) is 9.35. The van der Waals surface area contributed by atoms with Crippen LogP contribution < -0.4 is 10.2 Å². The SMILES string of the molecule is CN(c1ccc(-c2ccc(-n3ccnc3)cc2O)nn1)[C@H]1C[C@@]2(C)CC[C@]1(C)CN2. The van der Waals surface area contributed by atoms with Crippen LogP contribution in [0.25, 0.3) is 16.9 Å². The Morgan fingerprint density at radius 3 is 2.67 bits per heavy atom. The van der Waals surface area contributed by atoms with Gasteiger partial charge in [-0.15, -0.1) is 10.2 Å². The van der Waals surface area contributed by atoms with E-state index < -0.39 is 0 Å². The summed E-state index contributed by atoms with van der Waals surface area (Å²) in [6.45, 7) is 5.75. The van der Waals surface area contributed by atoms with Crippen LogP contribution in [0.3, 0.4) is 0 Å². The van der Waals surface area contributed by atoms with Crippen molar-refractivity contribution in [2.24, 2.45) is 5.41 Å². The quantitative estimate of drug-likeness (QED) is 0.694. The van der Waals surface area contributed by atoms with Crippen molar-refractivity contribution in [3.63, 3.8) is 0 Å². The highest BCUT2D eigenvalue weighted by molar-refractivity contribution is 5.69. The van der Waals surface area contributed by atoms with E-state index in [4.69, 9.17) is 0 Å². The molecule has 3 aliphatic rings. The number of aromatic nitrogens is 4. The van der Waals surface area contributed by atoms with Crippen LogP contribution in [0.5, 0.6) is 5.75 Å². The normalized spacial score (nSPS) is 27.9. The summed E-state index contributed by atoms with van der Waals surface area (Å²) in [5.74, 6) is 1.04. The lowest BCUT2D eigenvalue weighted by Crippen LogP contribution is -2.67. The maximum absolute atomic E-state index is 10.5. The number of aromatic hydroxyl groups is 1. The van der Waals surface area contributed by atoms with Gasteiger partial charge in [0.05, 0.1) is 17.7 Å². The van der Waals surface area contributed by atoms with Crippen molar-refractivity contribution in [1.29, 1.82) is 0 Å². The summed E-state index contributed by atoms with van der Waals surface area (Å²) in [5.41, 5.74) is 2.63. The summed E-state index contributed by atoms with van der Waals surface area (Å²) < 4.78 is 1.85. The van der Waals surface area contributed by atoms with Gasteiger partial charge in [0.1, 0.15) is 5.75 Å². The number of hydrogen-bond donors (Lipinski definition) is 2. The molecule has 0 unspecified atom stereocenters. The van der Waals surface area contributed by atoms with Gasteiger partial charge in [-0.3, -0.25) is 0 Å². The lowest BCUT2D eigenvalue weighted by Gasteiger charge is -2.58. The van der Waals surface area contributed by atoms with E-state index in [2.05, 4.69) is 46.3 Å². The second-order valence-corrected chi connectivity index (χ2v) is 9.35. The zero-order valence-corrected chi connectivity index (χ0v) is 17.7. The number of phenolic OH excluding ortho intramolecular Hbond substituents is 1. The monoisotopic (exact) mass is 404 g/mol. The first-order valence-corrected chi connectivity index (χ1v) is 10.5. The van der Waals surface area contributed by atoms with Gasteiger partial charge >= 0.3 is 0 Å². The fourth-order valence-electron chi connectivity index (χ4n) is 5.02. The van der Waals surface area contributed by atoms with Gasteiger partial charge in [-0.05, 0) is 50.5 Å². The molecule has 2 aromatic heterocycles. The Labute approximate surface area is 176 Å². The molecule has 2 bridgehead atoms. The standard InChI is InChI=1S/C23H28N6O/c1-22-8-9-23(2,25-14-22)13-20(22)28(3)21-7-6-18(26-27-21)17-5-4-16(12-19(17)30)29-11-10-24-15-29/h4-7,10-12,15,20,25,30H,8-9,13-14H2,1-3H3/t20-,22+,23+/m0/s1. The van der Waals surface area contributed by atoms with E-state index >= 15 is 0 Å². The Balaban J connectivity index is 1.38. The molecule has 2 N–H and O–H groups in total. The number of nitrogens with zero attached hydrogens (tertiary/aromatic N) is 5. The van der Waals surface area contributed by atoms with Crippen LogP contribution in [0.4, 0.5) is 5.82 Å². The molecule has 4 heterocycles. The number of nitrogens with one attached hydrogen (secondary N) is 1. The molecule has 3 aromatic rings. The average Bonchev–Trinajstić information content (AvgIpc) is 3.29. The first-order chi connectivity index (χ1) is 14.4. The number of anilines is 1. The van der Waals surface area contributed by atoms with Crippen molar-refractivity contribution in [1.82, 2.24) is 25.1 Å². The number of fused-ring (bicyclic) bond motifs is 3. The Hall–Kier alpha value is -2.93. The molecule has 1 aromatic carbocycles. The summed E-state index contributed by atoms with van der Waals surface area (Å²) in [4.78, 5) is 6.34. The third-order valence-corrected chi connectivity index (χ3v) is 7.15. The second kappa shape index (κ2) is 6.80.